The molecule has 0 aromatic heterocycles. The van der Waals surface area contributed by atoms with Gasteiger partial charge in [0.15, 0.2) is 0 Å². The molecule has 0 bridgehead atoms. The molecule has 0 atom stereocenters. The van der Waals surface area contributed by atoms with Crippen LogP contribution in [0, 0.1) is 10.1 Å². The summed E-state index contributed by atoms with van der Waals surface area (Å²) in [6.45, 7) is 1.94. The van der Waals surface area contributed by atoms with Crippen molar-refractivity contribution in [1.29, 1.82) is 0 Å². The molecule has 0 radical (unpaired) electrons. The second-order valence-electron chi connectivity index (χ2n) is 4.55. The molecule has 0 saturated heterocycles. The summed E-state index contributed by atoms with van der Waals surface area (Å²) < 4.78 is 0.768. The average Bonchev–Trinajstić information content (AvgIpc) is 2.37. The van der Waals surface area contributed by atoms with Gasteiger partial charge in [-0.25, -0.2) is 0 Å². The number of unbranched alkanes of at least 4 members (excludes halogenated alkanes) is 2. The molecular formula is C13H19BrN2O3. The van der Waals surface area contributed by atoms with Crippen molar-refractivity contribution in [2.24, 2.45) is 0 Å². The largest absolute Gasteiger partial charge is 0.396 e. The van der Waals surface area contributed by atoms with Crippen LogP contribution < -0.4 is 0 Å². The monoisotopic (exact) mass is 330 g/mol. The van der Waals surface area contributed by atoms with E-state index < -0.39 is 4.92 Å². The van der Waals surface area contributed by atoms with E-state index in [1.165, 1.54) is 12.1 Å². The minimum Gasteiger partial charge on any atom is -0.396 e. The third-order valence-corrected chi connectivity index (χ3v) is 3.62. The number of aliphatic hydroxyl groups is 1. The fourth-order valence-electron chi connectivity index (χ4n) is 1.82. The highest BCUT2D eigenvalue weighted by Crippen LogP contribution is 2.23. The van der Waals surface area contributed by atoms with E-state index in [9.17, 15) is 10.1 Å². The lowest BCUT2D eigenvalue weighted by Gasteiger charge is -2.17. The van der Waals surface area contributed by atoms with E-state index in [2.05, 4.69) is 20.8 Å². The lowest BCUT2D eigenvalue weighted by molar-refractivity contribution is -0.384. The van der Waals surface area contributed by atoms with E-state index in [0.717, 1.165) is 42.4 Å². The topological polar surface area (TPSA) is 66.6 Å². The van der Waals surface area contributed by atoms with Crippen molar-refractivity contribution in [3.8, 4) is 0 Å². The fraction of sp³-hybridized carbons (Fsp3) is 0.538. The summed E-state index contributed by atoms with van der Waals surface area (Å²) in [4.78, 5) is 12.4. The van der Waals surface area contributed by atoms with Gasteiger partial charge in [0.25, 0.3) is 5.69 Å². The maximum absolute atomic E-state index is 10.6. The van der Waals surface area contributed by atoms with Crippen molar-refractivity contribution in [3.63, 3.8) is 0 Å². The van der Waals surface area contributed by atoms with E-state index in [0.29, 0.717) is 0 Å². The fourth-order valence-corrected chi connectivity index (χ4v) is 2.31. The Kier molecular flexibility index (Phi) is 6.97. The molecule has 1 rings (SSSR count). The summed E-state index contributed by atoms with van der Waals surface area (Å²) in [6.07, 6.45) is 2.90. The third kappa shape index (κ3) is 5.67. The van der Waals surface area contributed by atoms with Gasteiger partial charge < -0.3 is 10.0 Å². The van der Waals surface area contributed by atoms with Crippen LogP contribution in [-0.4, -0.2) is 35.1 Å². The molecule has 0 aliphatic carbocycles. The lowest BCUT2D eigenvalue weighted by atomic mass is 10.2. The number of halogens is 1. The number of hydrogen-bond donors (Lipinski definition) is 1. The highest BCUT2D eigenvalue weighted by Gasteiger charge is 2.10. The molecular weight excluding hydrogens is 312 g/mol. The van der Waals surface area contributed by atoms with Crippen LogP contribution in [0.5, 0.6) is 0 Å². The van der Waals surface area contributed by atoms with Gasteiger partial charge in [-0.15, -0.1) is 0 Å². The number of nitro groups is 1. The first-order chi connectivity index (χ1) is 9.04. The molecule has 19 heavy (non-hydrogen) atoms. The van der Waals surface area contributed by atoms with Gasteiger partial charge in [0.2, 0.25) is 0 Å². The first-order valence-electron chi connectivity index (χ1n) is 6.27. The Balaban J connectivity index is 2.50. The van der Waals surface area contributed by atoms with Gasteiger partial charge in [0, 0.05) is 29.8 Å². The van der Waals surface area contributed by atoms with E-state index in [1.54, 1.807) is 6.07 Å². The van der Waals surface area contributed by atoms with Crippen molar-refractivity contribution in [2.45, 2.75) is 25.8 Å². The van der Waals surface area contributed by atoms with E-state index >= 15 is 0 Å². The second kappa shape index (κ2) is 8.24. The predicted molar refractivity (Wildman–Crippen MR) is 78.1 cm³/mol. The first-order valence-corrected chi connectivity index (χ1v) is 7.06. The normalized spacial score (nSPS) is 10.9. The Morgan fingerprint density at radius 2 is 2.11 bits per heavy atom. The molecule has 0 spiro atoms. The quantitative estimate of drug-likeness (QED) is 0.452. The molecule has 106 valence electrons. The van der Waals surface area contributed by atoms with E-state index in [-0.39, 0.29) is 12.3 Å². The number of benzene rings is 1. The summed E-state index contributed by atoms with van der Waals surface area (Å²) in [5, 5.41) is 19.3. The van der Waals surface area contributed by atoms with Crippen LogP contribution in [0.2, 0.25) is 0 Å². The summed E-state index contributed by atoms with van der Waals surface area (Å²) in [5.74, 6) is 0. The molecule has 1 aromatic carbocycles. The van der Waals surface area contributed by atoms with Crippen LogP contribution in [0.3, 0.4) is 0 Å². The first kappa shape index (κ1) is 16.1. The van der Waals surface area contributed by atoms with Crippen LogP contribution in [0.15, 0.2) is 22.7 Å². The Bertz CT molecular complexity index is 426. The van der Waals surface area contributed by atoms with Crippen LogP contribution >= 0.6 is 15.9 Å². The number of nitro benzene ring substituents is 1. The van der Waals surface area contributed by atoms with E-state index in [1.807, 2.05) is 7.05 Å². The molecule has 5 nitrogen and oxygen atoms in total. The Hall–Kier alpha value is -0.980. The SMILES string of the molecule is CN(CCCCCO)Cc1ccc([N+](=O)[O-])cc1Br. The summed E-state index contributed by atoms with van der Waals surface area (Å²) in [6, 6.07) is 4.85. The molecule has 0 fully saturated rings. The number of aliphatic hydroxyl groups excluding tert-OH is 1. The Morgan fingerprint density at radius 3 is 2.68 bits per heavy atom. The van der Waals surface area contributed by atoms with Crippen LogP contribution in [0.1, 0.15) is 24.8 Å². The smallest absolute Gasteiger partial charge is 0.270 e. The van der Waals surface area contributed by atoms with Gasteiger partial charge in [-0.3, -0.25) is 10.1 Å². The van der Waals surface area contributed by atoms with Gasteiger partial charge in [0.05, 0.1) is 4.92 Å². The lowest BCUT2D eigenvalue weighted by Crippen LogP contribution is -2.19. The van der Waals surface area contributed by atoms with Crippen molar-refractivity contribution in [2.75, 3.05) is 20.2 Å². The Labute approximate surface area is 121 Å². The maximum Gasteiger partial charge on any atom is 0.270 e. The number of nitrogens with zero attached hydrogens (tertiary/aromatic N) is 2. The molecule has 0 unspecified atom stereocenters. The zero-order valence-corrected chi connectivity index (χ0v) is 12.6. The van der Waals surface area contributed by atoms with Crippen molar-refractivity contribution >= 4 is 21.6 Å². The Morgan fingerprint density at radius 1 is 1.37 bits per heavy atom. The van der Waals surface area contributed by atoms with Crippen LogP contribution in [-0.2, 0) is 6.54 Å². The van der Waals surface area contributed by atoms with Crippen LogP contribution in [0.25, 0.3) is 0 Å². The van der Waals surface area contributed by atoms with Gasteiger partial charge in [-0.1, -0.05) is 15.9 Å². The molecule has 1 N–H and O–H groups in total. The van der Waals surface area contributed by atoms with Crippen molar-refractivity contribution < 1.29 is 10.0 Å². The highest BCUT2D eigenvalue weighted by molar-refractivity contribution is 9.10. The molecule has 6 heteroatoms. The molecule has 1 aromatic rings. The van der Waals surface area contributed by atoms with Crippen LogP contribution in [0.4, 0.5) is 5.69 Å². The van der Waals surface area contributed by atoms with Crippen molar-refractivity contribution in [3.05, 3.63) is 38.3 Å². The summed E-state index contributed by atoms with van der Waals surface area (Å²) >= 11 is 3.37. The number of non-ortho nitro benzene ring substituents is 1. The van der Waals surface area contributed by atoms with Gasteiger partial charge >= 0.3 is 0 Å². The summed E-state index contributed by atoms with van der Waals surface area (Å²) in [5.41, 5.74) is 1.14. The maximum atomic E-state index is 10.6. The minimum atomic E-state index is -0.396. The second-order valence-corrected chi connectivity index (χ2v) is 5.41. The molecule has 0 saturated carbocycles. The molecule has 0 aliphatic heterocycles. The highest BCUT2D eigenvalue weighted by atomic mass is 79.9. The minimum absolute atomic E-state index is 0.0984. The molecule has 0 amide bonds. The number of hydrogen-bond acceptors (Lipinski definition) is 4. The molecule has 0 heterocycles. The van der Waals surface area contributed by atoms with Gasteiger partial charge in [0.1, 0.15) is 0 Å². The average molecular weight is 331 g/mol. The molecule has 0 aliphatic rings. The zero-order chi connectivity index (χ0) is 14.3. The number of rotatable bonds is 8. The third-order valence-electron chi connectivity index (χ3n) is 2.89. The zero-order valence-electron chi connectivity index (χ0n) is 11.0. The van der Waals surface area contributed by atoms with Gasteiger partial charge in [-0.2, -0.15) is 0 Å². The van der Waals surface area contributed by atoms with E-state index in [4.69, 9.17) is 5.11 Å². The van der Waals surface area contributed by atoms with Gasteiger partial charge in [-0.05, 0) is 44.5 Å². The predicted octanol–water partition coefficient (Wildman–Crippen LogP) is 2.95. The van der Waals surface area contributed by atoms with Crippen molar-refractivity contribution in [1.82, 2.24) is 4.90 Å². The summed E-state index contributed by atoms with van der Waals surface area (Å²) in [7, 11) is 2.02. The standard InChI is InChI=1S/C13H19BrN2O3/c1-15(7-3-2-4-8-17)10-11-5-6-12(16(18)19)9-13(11)14/h5-6,9,17H,2-4,7-8,10H2,1H3.